The van der Waals surface area contributed by atoms with E-state index in [0.717, 1.165) is 35.2 Å². The van der Waals surface area contributed by atoms with E-state index in [9.17, 15) is 14.4 Å². The highest BCUT2D eigenvalue weighted by Gasteiger charge is 2.74. The van der Waals surface area contributed by atoms with Gasteiger partial charge in [0.15, 0.2) is 0 Å². The first-order valence-electron chi connectivity index (χ1n) is 11.2. The van der Waals surface area contributed by atoms with Crippen LogP contribution in [0.25, 0.3) is 0 Å². The van der Waals surface area contributed by atoms with Crippen molar-refractivity contribution in [3.05, 3.63) is 52.0 Å². The first kappa shape index (κ1) is 20.7. The predicted octanol–water partition coefficient (Wildman–Crippen LogP) is 3.40. The van der Waals surface area contributed by atoms with Crippen LogP contribution in [0.3, 0.4) is 0 Å². The summed E-state index contributed by atoms with van der Waals surface area (Å²) in [6, 6.07) is 9.00. The Morgan fingerprint density at radius 2 is 1.91 bits per heavy atom. The van der Waals surface area contributed by atoms with Crippen molar-refractivity contribution < 1.29 is 19.1 Å². The molecule has 170 valence electrons. The smallest absolute Gasteiger partial charge is 0.250 e. The van der Waals surface area contributed by atoms with Crippen molar-refractivity contribution in [2.75, 3.05) is 23.9 Å². The van der Waals surface area contributed by atoms with Crippen LogP contribution >= 0.6 is 11.6 Å². The summed E-state index contributed by atoms with van der Waals surface area (Å²) in [4.78, 5) is 45.0. The molecule has 3 fully saturated rings. The Bertz CT molecular complexity index is 1260. The Balaban J connectivity index is 1.56. The Morgan fingerprint density at radius 1 is 1.12 bits per heavy atom. The number of aryl methyl sites for hydroxylation is 2. The van der Waals surface area contributed by atoms with Crippen molar-refractivity contribution >= 4 is 40.7 Å². The molecule has 0 aliphatic carbocycles. The zero-order valence-electron chi connectivity index (χ0n) is 18.6. The van der Waals surface area contributed by atoms with E-state index in [-0.39, 0.29) is 23.8 Å². The Morgan fingerprint density at radius 3 is 2.67 bits per heavy atom. The molecule has 4 atom stereocenters. The van der Waals surface area contributed by atoms with Gasteiger partial charge in [-0.1, -0.05) is 29.3 Å². The van der Waals surface area contributed by atoms with E-state index in [1.807, 2.05) is 32.0 Å². The quantitative estimate of drug-likeness (QED) is 0.688. The third-order valence-corrected chi connectivity index (χ3v) is 8.26. The third-order valence-electron chi connectivity index (χ3n) is 7.85. The molecule has 0 radical (unpaired) electrons. The van der Waals surface area contributed by atoms with Crippen LogP contribution in [0.5, 0.6) is 5.75 Å². The molecular formula is C25H24ClN3O4. The molecule has 4 heterocycles. The van der Waals surface area contributed by atoms with Crippen LogP contribution in [-0.4, -0.2) is 42.3 Å². The molecule has 7 nitrogen and oxygen atoms in total. The van der Waals surface area contributed by atoms with Gasteiger partial charge < -0.3 is 10.1 Å². The molecule has 1 N–H and O–H groups in total. The average Bonchev–Trinajstić information content (AvgIpc) is 3.48. The van der Waals surface area contributed by atoms with E-state index in [1.54, 1.807) is 12.1 Å². The highest BCUT2D eigenvalue weighted by Crippen LogP contribution is 2.61. The SMILES string of the molecule is COc1cc(Cl)c(C)cc1N1C(=O)[C@@H]2[C@H]3CCCN3[C@@]3(C(=O)Nc4ccc(C)cc43)[C@H]2C1=O. The monoisotopic (exact) mass is 465 g/mol. The summed E-state index contributed by atoms with van der Waals surface area (Å²) in [5.41, 5.74) is 2.47. The van der Waals surface area contributed by atoms with Crippen molar-refractivity contribution in [1.82, 2.24) is 4.90 Å². The minimum Gasteiger partial charge on any atom is -0.495 e. The molecule has 2 aromatic rings. The van der Waals surface area contributed by atoms with Crippen molar-refractivity contribution in [2.45, 2.75) is 38.3 Å². The second-order valence-corrected chi connectivity index (χ2v) is 9.87. The summed E-state index contributed by atoms with van der Waals surface area (Å²) in [5.74, 6) is -1.87. The molecular weight excluding hydrogens is 442 g/mol. The van der Waals surface area contributed by atoms with E-state index in [4.69, 9.17) is 16.3 Å². The zero-order valence-corrected chi connectivity index (χ0v) is 19.4. The van der Waals surface area contributed by atoms with Gasteiger partial charge in [-0.3, -0.25) is 19.3 Å². The van der Waals surface area contributed by atoms with Gasteiger partial charge in [0.25, 0.3) is 0 Å². The Hall–Kier alpha value is -2.90. The summed E-state index contributed by atoms with van der Waals surface area (Å²) in [5, 5.41) is 3.50. The number of carbonyl (C=O) groups is 3. The van der Waals surface area contributed by atoms with E-state index in [0.29, 0.717) is 23.0 Å². The van der Waals surface area contributed by atoms with Crippen molar-refractivity contribution in [3.8, 4) is 5.75 Å². The molecule has 0 unspecified atom stereocenters. The number of benzene rings is 2. The number of methoxy groups -OCH3 is 1. The number of nitrogens with one attached hydrogen (secondary N) is 1. The molecule has 3 amide bonds. The second-order valence-electron chi connectivity index (χ2n) is 9.46. The maximum Gasteiger partial charge on any atom is 0.250 e. The van der Waals surface area contributed by atoms with Gasteiger partial charge >= 0.3 is 0 Å². The number of anilines is 2. The minimum absolute atomic E-state index is 0.159. The van der Waals surface area contributed by atoms with Gasteiger partial charge in [-0.15, -0.1) is 0 Å². The largest absolute Gasteiger partial charge is 0.495 e. The summed E-state index contributed by atoms with van der Waals surface area (Å²) in [7, 11) is 1.49. The van der Waals surface area contributed by atoms with Gasteiger partial charge in [-0.2, -0.15) is 0 Å². The van der Waals surface area contributed by atoms with E-state index in [1.165, 1.54) is 12.0 Å². The van der Waals surface area contributed by atoms with Crippen LogP contribution in [0, 0.1) is 25.7 Å². The fraction of sp³-hybridized carbons (Fsp3) is 0.400. The number of imide groups is 1. The van der Waals surface area contributed by atoms with Crippen molar-refractivity contribution in [1.29, 1.82) is 0 Å². The molecule has 2 aromatic carbocycles. The van der Waals surface area contributed by atoms with Crippen molar-refractivity contribution in [3.63, 3.8) is 0 Å². The van der Waals surface area contributed by atoms with Crippen molar-refractivity contribution in [2.24, 2.45) is 11.8 Å². The lowest BCUT2D eigenvalue weighted by Gasteiger charge is -2.36. The highest BCUT2D eigenvalue weighted by molar-refractivity contribution is 6.32. The summed E-state index contributed by atoms with van der Waals surface area (Å²) < 4.78 is 5.49. The number of amides is 3. The topological polar surface area (TPSA) is 79.0 Å². The molecule has 8 heteroatoms. The minimum atomic E-state index is -1.18. The van der Waals surface area contributed by atoms with Gasteiger partial charge in [0.1, 0.15) is 11.3 Å². The number of carbonyl (C=O) groups excluding carboxylic acids is 3. The first-order chi connectivity index (χ1) is 15.8. The maximum absolute atomic E-state index is 14.1. The van der Waals surface area contributed by atoms with E-state index in [2.05, 4.69) is 10.2 Å². The number of nitrogens with zero attached hydrogens (tertiary/aromatic N) is 2. The number of halogens is 1. The fourth-order valence-electron chi connectivity index (χ4n) is 6.54. The van der Waals surface area contributed by atoms with Crippen LogP contribution in [0.15, 0.2) is 30.3 Å². The summed E-state index contributed by atoms with van der Waals surface area (Å²) in [6.07, 6.45) is 1.66. The molecule has 4 aliphatic heterocycles. The number of fused-ring (bicyclic) bond motifs is 7. The van der Waals surface area contributed by atoms with Gasteiger partial charge in [-0.25, -0.2) is 4.90 Å². The molecule has 0 bridgehead atoms. The lowest BCUT2D eigenvalue weighted by Crippen LogP contribution is -2.54. The Kier molecular flexibility index (Phi) is 4.27. The lowest BCUT2D eigenvalue weighted by atomic mass is 9.75. The normalized spacial score (nSPS) is 30.1. The lowest BCUT2D eigenvalue weighted by molar-refractivity contribution is -0.135. The van der Waals surface area contributed by atoms with Crippen LogP contribution in [0.4, 0.5) is 11.4 Å². The second kappa shape index (κ2) is 6.81. The molecule has 0 aromatic heterocycles. The molecule has 33 heavy (non-hydrogen) atoms. The number of hydrogen-bond donors (Lipinski definition) is 1. The van der Waals surface area contributed by atoms with Crippen LogP contribution < -0.4 is 15.0 Å². The standard InChI is InChI=1S/C25H24ClN3O4/c1-12-6-7-16-14(9-12)25(24(32)27-16)21-20(17-5-4-8-28(17)25)22(30)29(23(21)31)18-10-13(2)15(26)11-19(18)33-3/h6-7,9-11,17,20-21H,4-5,8H2,1-3H3,(H,27,32)/t17-,20-,21-,25-/m1/s1. The summed E-state index contributed by atoms with van der Waals surface area (Å²) >= 11 is 6.27. The van der Waals surface area contributed by atoms with Crippen LogP contribution in [-0.2, 0) is 19.9 Å². The van der Waals surface area contributed by atoms with Crippen LogP contribution in [0.2, 0.25) is 5.02 Å². The first-order valence-corrected chi connectivity index (χ1v) is 11.6. The number of ether oxygens (including phenoxy) is 1. The fourth-order valence-corrected chi connectivity index (χ4v) is 6.69. The van der Waals surface area contributed by atoms with Crippen LogP contribution in [0.1, 0.15) is 29.5 Å². The average molecular weight is 466 g/mol. The highest BCUT2D eigenvalue weighted by atomic mass is 35.5. The molecule has 1 spiro atoms. The van der Waals surface area contributed by atoms with Gasteiger partial charge in [0.05, 0.1) is 24.6 Å². The molecule has 4 aliphatic rings. The predicted molar refractivity (Wildman–Crippen MR) is 123 cm³/mol. The molecule has 3 saturated heterocycles. The van der Waals surface area contributed by atoms with Gasteiger partial charge in [-0.05, 0) is 50.9 Å². The maximum atomic E-state index is 14.1. The Labute approximate surface area is 196 Å². The van der Waals surface area contributed by atoms with E-state index >= 15 is 0 Å². The number of rotatable bonds is 2. The number of hydrogen-bond acceptors (Lipinski definition) is 5. The molecule has 0 saturated carbocycles. The zero-order chi connectivity index (χ0) is 23.2. The summed E-state index contributed by atoms with van der Waals surface area (Å²) in [6.45, 7) is 4.48. The van der Waals surface area contributed by atoms with E-state index < -0.39 is 17.4 Å². The van der Waals surface area contributed by atoms with Gasteiger partial charge in [0.2, 0.25) is 17.7 Å². The molecule has 6 rings (SSSR count). The van der Waals surface area contributed by atoms with Gasteiger partial charge in [0, 0.05) is 28.4 Å². The third kappa shape index (κ3) is 2.41.